The number of hydrogen-bond donors (Lipinski definition) is 3. The summed E-state index contributed by atoms with van der Waals surface area (Å²) in [6.07, 6.45) is 3.24. The number of amides is 2. The zero-order valence-electron chi connectivity index (χ0n) is 11.3. The van der Waals surface area contributed by atoms with Crippen molar-refractivity contribution in [2.45, 2.75) is 25.9 Å². The molecule has 1 aromatic heterocycles. The predicted molar refractivity (Wildman–Crippen MR) is 72.0 cm³/mol. The van der Waals surface area contributed by atoms with Crippen LogP contribution >= 0.6 is 0 Å². The molecule has 0 bridgehead atoms. The Balaban J connectivity index is 2.64. The molecule has 1 heterocycles. The first-order chi connectivity index (χ1) is 9.58. The first-order valence-electron chi connectivity index (χ1n) is 6.36. The van der Waals surface area contributed by atoms with E-state index in [1.54, 1.807) is 24.5 Å². The van der Waals surface area contributed by atoms with Crippen molar-refractivity contribution in [3.05, 3.63) is 30.1 Å². The zero-order valence-corrected chi connectivity index (χ0v) is 11.3. The van der Waals surface area contributed by atoms with Crippen molar-refractivity contribution < 1.29 is 19.8 Å². The fourth-order valence-electron chi connectivity index (χ4n) is 1.66. The first-order valence-corrected chi connectivity index (χ1v) is 6.36. The molecule has 1 aromatic rings. The van der Waals surface area contributed by atoms with Crippen LogP contribution in [0.15, 0.2) is 24.5 Å². The van der Waals surface area contributed by atoms with Gasteiger partial charge in [0.1, 0.15) is 6.04 Å². The van der Waals surface area contributed by atoms with Gasteiger partial charge in [-0.1, -0.05) is 0 Å². The van der Waals surface area contributed by atoms with E-state index in [4.69, 9.17) is 10.2 Å². The Kier molecular flexibility index (Phi) is 6.45. The number of aliphatic carboxylic acids is 1. The number of urea groups is 1. The maximum atomic E-state index is 12.0. The minimum absolute atomic E-state index is 0.0200. The summed E-state index contributed by atoms with van der Waals surface area (Å²) in [6.45, 7) is 2.33. The first kappa shape index (κ1) is 15.9. The molecule has 0 aromatic carbocycles. The fourth-order valence-corrected chi connectivity index (χ4v) is 1.66. The largest absolute Gasteiger partial charge is 0.480 e. The molecule has 0 aliphatic heterocycles. The van der Waals surface area contributed by atoms with Gasteiger partial charge in [-0.25, -0.2) is 9.59 Å². The van der Waals surface area contributed by atoms with Gasteiger partial charge in [-0.15, -0.1) is 0 Å². The van der Waals surface area contributed by atoms with Crippen molar-refractivity contribution in [2.24, 2.45) is 0 Å². The highest BCUT2D eigenvalue weighted by molar-refractivity contribution is 5.82. The number of aliphatic hydroxyl groups excluding tert-OH is 1. The highest BCUT2D eigenvalue weighted by Gasteiger charge is 2.22. The minimum Gasteiger partial charge on any atom is -0.480 e. The summed E-state index contributed by atoms with van der Waals surface area (Å²) in [7, 11) is 0. The molecule has 3 N–H and O–H groups in total. The van der Waals surface area contributed by atoms with Crippen LogP contribution < -0.4 is 5.32 Å². The highest BCUT2D eigenvalue weighted by Crippen LogP contribution is 2.04. The number of carbonyl (C=O) groups excluding carboxylic acids is 1. The highest BCUT2D eigenvalue weighted by atomic mass is 16.4. The summed E-state index contributed by atoms with van der Waals surface area (Å²) in [4.78, 5) is 28.3. The number of carboxylic acid groups (broad SMARTS) is 1. The average molecular weight is 281 g/mol. The quantitative estimate of drug-likeness (QED) is 0.673. The van der Waals surface area contributed by atoms with Crippen LogP contribution in [0.5, 0.6) is 0 Å². The summed E-state index contributed by atoms with van der Waals surface area (Å²) in [5.41, 5.74) is 0.908. The van der Waals surface area contributed by atoms with E-state index in [9.17, 15) is 9.59 Å². The van der Waals surface area contributed by atoms with Gasteiger partial charge in [0.2, 0.25) is 0 Å². The predicted octanol–water partition coefficient (Wildman–Crippen LogP) is 0.449. The van der Waals surface area contributed by atoms with Crippen LogP contribution in [-0.2, 0) is 11.3 Å². The van der Waals surface area contributed by atoms with E-state index in [2.05, 4.69) is 10.3 Å². The lowest BCUT2D eigenvalue weighted by atomic mass is 10.2. The van der Waals surface area contributed by atoms with Crippen LogP contribution in [-0.4, -0.2) is 51.3 Å². The van der Waals surface area contributed by atoms with Crippen molar-refractivity contribution in [3.8, 4) is 0 Å². The van der Waals surface area contributed by atoms with Crippen LogP contribution in [0.1, 0.15) is 18.9 Å². The van der Waals surface area contributed by atoms with Crippen molar-refractivity contribution in [3.63, 3.8) is 0 Å². The molecule has 0 saturated heterocycles. The van der Waals surface area contributed by atoms with E-state index in [-0.39, 0.29) is 13.0 Å². The molecule has 0 saturated carbocycles. The SMILES string of the molecule is CCN(Cc1ccncc1)C(=O)N[C@H](CCO)C(=O)O. The van der Waals surface area contributed by atoms with Crippen molar-refractivity contribution in [1.82, 2.24) is 15.2 Å². The van der Waals surface area contributed by atoms with Crippen LogP contribution in [0.2, 0.25) is 0 Å². The molecular formula is C13H19N3O4. The molecule has 110 valence electrons. The lowest BCUT2D eigenvalue weighted by molar-refractivity contribution is -0.139. The normalized spacial score (nSPS) is 11.7. The standard InChI is InChI=1S/C13H19N3O4/c1-2-16(9-10-3-6-14-7-4-10)13(20)15-11(5-8-17)12(18)19/h3-4,6-7,11,17H,2,5,8-9H2,1H3,(H,15,20)(H,18,19)/t11-/m1/s1. The summed E-state index contributed by atoms with van der Waals surface area (Å²) < 4.78 is 0. The lowest BCUT2D eigenvalue weighted by Gasteiger charge is -2.23. The Hall–Kier alpha value is -2.15. The number of aromatic nitrogens is 1. The third kappa shape index (κ3) is 4.85. The Morgan fingerprint density at radius 2 is 2.05 bits per heavy atom. The van der Waals surface area contributed by atoms with Gasteiger partial charge in [-0.2, -0.15) is 0 Å². The molecular weight excluding hydrogens is 262 g/mol. The summed E-state index contributed by atoms with van der Waals surface area (Å²) >= 11 is 0. The second kappa shape index (κ2) is 8.11. The minimum atomic E-state index is -1.16. The lowest BCUT2D eigenvalue weighted by Crippen LogP contribution is -2.48. The van der Waals surface area contributed by atoms with E-state index in [1.807, 2.05) is 6.92 Å². The third-order valence-electron chi connectivity index (χ3n) is 2.81. The third-order valence-corrected chi connectivity index (χ3v) is 2.81. The number of carboxylic acids is 1. The van der Waals surface area contributed by atoms with Gasteiger partial charge < -0.3 is 20.4 Å². The van der Waals surface area contributed by atoms with Crippen molar-refractivity contribution in [1.29, 1.82) is 0 Å². The number of nitrogens with zero attached hydrogens (tertiary/aromatic N) is 2. The maximum Gasteiger partial charge on any atom is 0.326 e. The molecule has 7 nitrogen and oxygen atoms in total. The van der Waals surface area contributed by atoms with Crippen LogP contribution in [0, 0.1) is 0 Å². The summed E-state index contributed by atoms with van der Waals surface area (Å²) in [5, 5.41) is 20.1. The monoisotopic (exact) mass is 281 g/mol. The molecule has 7 heteroatoms. The molecule has 20 heavy (non-hydrogen) atoms. The van der Waals surface area contributed by atoms with Crippen molar-refractivity contribution >= 4 is 12.0 Å². The number of carbonyl (C=O) groups is 2. The van der Waals surface area contributed by atoms with E-state index in [0.29, 0.717) is 13.1 Å². The van der Waals surface area contributed by atoms with Gasteiger partial charge in [0.05, 0.1) is 0 Å². The van der Waals surface area contributed by atoms with Gasteiger partial charge in [0.25, 0.3) is 0 Å². The average Bonchev–Trinajstić information content (AvgIpc) is 2.45. The van der Waals surface area contributed by atoms with Crippen LogP contribution in [0.25, 0.3) is 0 Å². The fraction of sp³-hybridized carbons (Fsp3) is 0.462. The molecule has 2 amide bonds. The molecule has 0 unspecified atom stereocenters. The number of rotatable bonds is 7. The maximum absolute atomic E-state index is 12.0. The number of hydrogen-bond acceptors (Lipinski definition) is 4. The molecule has 0 aliphatic carbocycles. The van der Waals surface area contributed by atoms with Crippen LogP contribution in [0.4, 0.5) is 4.79 Å². The van der Waals surface area contributed by atoms with E-state index < -0.39 is 18.0 Å². The number of nitrogens with one attached hydrogen (secondary N) is 1. The molecule has 0 fully saturated rings. The van der Waals surface area contributed by atoms with E-state index >= 15 is 0 Å². The van der Waals surface area contributed by atoms with E-state index in [1.165, 1.54) is 4.90 Å². The summed E-state index contributed by atoms with van der Waals surface area (Å²) in [6, 6.07) is 2.03. The van der Waals surface area contributed by atoms with Gasteiger partial charge in [0.15, 0.2) is 0 Å². The second-order valence-corrected chi connectivity index (χ2v) is 4.22. The Labute approximate surface area is 117 Å². The van der Waals surface area contributed by atoms with E-state index in [0.717, 1.165) is 5.56 Å². The second-order valence-electron chi connectivity index (χ2n) is 4.22. The Morgan fingerprint density at radius 1 is 1.40 bits per heavy atom. The molecule has 1 rings (SSSR count). The molecule has 0 radical (unpaired) electrons. The van der Waals surface area contributed by atoms with Crippen molar-refractivity contribution in [2.75, 3.05) is 13.2 Å². The molecule has 0 aliphatic rings. The number of pyridine rings is 1. The van der Waals surface area contributed by atoms with Gasteiger partial charge in [-0.05, 0) is 24.6 Å². The molecule has 1 atom stereocenters. The topological polar surface area (TPSA) is 103 Å². The molecule has 0 spiro atoms. The van der Waals surface area contributed by atoms with Crippen LogP contribution in [0.3, 0.4) is 0 Å². The van der Waals surface area contributed by atoms with Gasteiger partial charge in [0, 0.05) is 38.5 Å². The smallest absolute Gasteiger partial charge is 0.326 e. The number of aliphatic hydroxyl groups is 1. The Bertz CT molecular complexity index is 439. The van der Waals surface area contributed by atoms with Gasteiger partial charge in [-0.3, -0.25) is 4.98 Å². The zero-order chi connectivity index (χ0) is 15.0. The Morgan fingerprint density at radius 3 is 2.55 bits per heavy atom. The summed E-state index contributed by atoms with van der Waals surface area (Å²) in [5.74, 6) is -1.16. The van der Waals surface area contributed by atoms with Gasteiger partial charge >= 0.3 is 12.0 Å².